The molecule has 0 spiro atoms. The van der Waals surface area contributed by atoms with Crippen molar-refractivity contribution >= 4 is 22.9 Å². The smallest absolute Gasteiger partial charge is 0.451 e. The van der Waals surface area contributed by atoms with E-state index in [0.29, 0.717) is 11.3 Å². The van der Waals surface area contributed by atoms with Gasteiger partial charge < -0.3 is 15.5 Å². The van der Waals surface area contributed by atoms with Gasteiger partial charge in [0.1, 0.15) is 11.3 Å². The van der Waals surface area contributed by atoms with Crippen LogP contribution >= 0.6 is 0 Å². The van der Waals surface area contributed by atoms with E-state index in [1.165, 1.54) is 0 Å². The average molecular weight is 351 g/mol. The van der Waals surface area contributed by atoms with Crippen LogP contribution in [0.5, 0.6) is 0 Å². The molecule has 25 heavy (non-hydrogen) atoms. The van der Waals surface area contributed by atoms with Crippen LogP contribution in [0.1, 0.15) is 35.7 Å². The molecule has 1 aromatic carbocycles. The summed E-state index contributed by atoms with van der Waals surface area (Å²) in [7, 11) is 0. The number of anilines is 2. The third-order valence-corrected chi connectivity index (χ3v) is 3.69. The molecule has 6 nitrogen and oxygen atoms in total. The maximum absolute atomic E-state index is 12.8. The molecule has 0 aliphatic rings. The van der Waals surface area contributed by atoms with Crippen LogP contribution in [-0.4, -0.2) is 15.0 Å². The first-order chi connectivity index (χ1) is 11.6. The van der Waals surface area contributed by atoms with Gasteiger partial charge in [-0.05, 0) is 44.0 Å². The van der Waals surface area contributed by atoms with E-state index in [4.69, 9.17) is 10.2 Å². The van der Waals surface area contributed by atoms with E-state index in [1.54, 1.807) is 6.92 Å². The van der Waals surface area contributed by atoms with Crippen molar-refractivity contribution in [2.45, 2.75) is 33.0 Å². The number of furan rings is 1. The van der Waals surface area contributed by atoms with Gasteiger partial charge in [-0.1, -0.05) is 6.07 Å². The number of aryl methyl sites for hydroxylation is 2. The number of fused-ring (bicyclic) bond motifs is 1. The Balaban J connectivity index is 1.91. The quantitative estimate of drug-likeness (QED) is 0.741. The standard InChI is InChI=1S/C16H16F3N5O/c1-7-4-8(2)10-6-11(25-12(10)5-7)9(3)21-15-23-13(16(17,18)19)22-14(20)24-15/h4-6,9H,1-3H3,(H3,20,21,22,23,24). The van der Waals surface area contributed by atoms with Crippen molar-refractivity contribution in [1.82, 2.24) is 15.0 Å². The summed E-state index contributed by atoms with van der Waals surface area (Å²) in [6.45, 7) is 5.66. The molecule has 2 aromatic heterocycles. The van der Waals surface area contributed by atoms with Gasteiger partial charge in [0.15, 0.2) is 0 Å². The van der Waals surface area contributed by atoms with E-state index in [2.05, 4.69) is 20.3 Å². The number of hydrogen-bond donors (Lipinski definition) is 2. The summed E-state index contributed by atoms with van der Waals surface area (Å²) in [5.41, 5.74) is 8.18. The fraction of sp³-hybridized carbons (Fsp3) is 0.312. The van der Waals surface area contributed by atoms with Gasteiger partial charge in [0, 0.05) is 5.39 Å². The second kappa shape index (κ2) is 5.91. The van der Waals surface area contributed by atoms with Crippen molar-refractivity contribution in [3.05, 3.63) is 40.9 Å². The van der Waals surface area contributed by atoms with Crippen molar-refractivity contribution in [2.75, 3.05) is 11.1 Å². The highest BCUT2D eigenvalue weighted by Crippen LogP contribution is 2.30. The normalized spacial score (nSPS) is 13.2. The van der Waals surface area contributed by atoms with E-state index in [-0.39, 0.29) is 5.95 Å². The van der Waals surface area contributed by atoms with E-state index >= 15 is 0 Å². The van der Waals surface area contributed by atoms with Gasteiger partial charge in [-0.25, -0.2) is 0 Å². The second-order valence-corrected chi connectivity index (χ2v) is 5.85. The lowest BCUT2D eigenvalue weighted by Crippen LogP contribution is -2.17. The lowest BCUT2D eigenvalue weighted by atomic mass is 10.1. The zero-order valence-electron chi connectivity index (χ0n) is 13.8. The summed E-state index contributed by atoms with van der Waals surface area (Å²) in [5, 5.41) is 3.72. The summed E-state index contributed by atoms with van der Waals surface area (Å²) < 4.78 is 44.1. The summed E-state index contributed by atoms with van der Waals surface area (Å²) in [6, 6.07) is 5.32. The minimum atomic E-state index is -4.70. The van der Waals surface area contributed by atoms with Crippen LogP contribution in [0.3, 0.4) is 0 Å². The molecule has 2 heterocycles. The van der Waals surface area contributed by atoms with Crippen LogP contribution in [0.15, 0.2) is 22.6 Å². The molecule has 9 heteroatoms. The predicted octanol–water partition coefficient (Wildman–Crippen LogP) is 4.01. The van der Waals surface area contributed by atoms with E-state index in [1.807, 2.05) is 32.0 Å². The molecule has 3 N–H and O–H groups in total. The van der Waals surface area contributed by atoms with Crippen molar-refractivity contribution < 1.29 is 17.6 Å². The Hall–Kier alpha value is -2.84. The molecule has 132 valence electrons. The van der Waals surface area contributed by atoms with Gasteiger partial charge in [0.25, 0.3) is 0 Å². The molecule has 0 bridgehead atoms. The first-order valence-electron chi connectivity index (χ1n) is 7.49. The Morgan fingerprint density at radius 1 is 1.12 bits per heavy atom. The van der Waals surface area contributed by atoms with Gasteiger partial charge in [0.2, 0.25) is 17.7 Å². The van der Waals surface area contributed by atoms with Crippen molar-refractivity contribution in [1.29, 1.82) is 0 Å². The van der Waals surface area contributed by atoms with E-state index in [9.17, 15) is 13.2 Å². The molecular formula is C16H16F3N5O. The van der Waals surface area contributed by atoms with Crippen LogP contribution in [-0.2, 0) is 6.18 Å². The van der Waals surface area contributed by atoms with E-state index < -0.39 is 24.0 Å². The predicted molar refractivity (Wildman–Crippen MR) is 87.0 cm³/mol. The second-order valence-electron chi connectivity index (χ2n) is 5.85. The summed E-state index contributed by atoms with van der Waals surface area (Å²) in [4.78, 5) is 10.2. The highest BCUT2D eigenvalue weighted by atomic mass is 19.4. The van der Waals surface area contributed by atoms with Crippen LogP contribution in [0.4, 0.5) is 25.1 Å². The van der Waals surface area contributed by atoms with Crippen LogP contribution in [0.25, 0.3) is 11.0 Å². The van der Waals surface area contributed by atoms with Gasteiger partial charge in [-0.15, -0.1) is 0 Å². The first kappa shape index (κ1) is 17.0. The molecule has 0 saturated heterocycles. The number of nitrogens with one attached hydrogen (secondary N) is 1. The lowest BCUT2D eigenvalue weighted by molar-refractivity contribution is -0.144. The summed E-state index contributed by atoms with van der Waals surface area (Å²) in [6.07, 6.45) is -4.70. The number of nitrogens with zero attached hydrogens (tertiary/aromatic N) is 3. The highest BCUT2D eigenvalue weighted by Gasteiger charge is 2.35. The van der Waals surface area contributed by atoms with Gasteiger partial charge >= 0.3 is 6.18 Å². The number of nitrogen functional groups attached to an aromatic ring is 1. The minimum absolute atomic E-state index is 0.263. The van der Waals surface area contributed by atoms with Gasteiger partial charge in [-0.2, -0.15) is 28.1 Å². The van der Waals surface area contributed by atoms with Crippen LogP contribution < -0.4 is 11.1 Å². The van der Waals surface area contributed by atoms with Crippen LogP contribution in [0.2, 0.25) is 0 Å². The number of aromatic nitrogens is 3. The SMILES string of the molecule is Cc1cc(C)c2cc(C(C)Nc3nc(N)nc(C(F)(F)F)n3)oc2c1. The molecular weight excluding hydrogens is 335 g/mol. The Bertz CT molecular complexity index is 935. The molecule has 1 unspecified atom stereocenters. The van der Waals surface area contributed by atoms with Gasteiger partial charge in [0.05, 0.1) is 6.04 Å². The monoisotopic (exact) mass is 351 g/mol. The fourth-order valence-corrected chi connectivity index (χ4v) is 2.57. The molecule has 3 rings (SSSR count). The fourth-order valence-electron chi connectivity index (χ4n) is 2.57. The topological polar surface area (TPSA) is 89.9 Å². The van der Waals surface area contributed by atoms with Crippen molar-refractivity contribution in [3.63, 3.8) is 0 Å². The Morgan fingerprint density at radius 2 is 1.84 bits per heavy atom. The van der Waals surface area contributed by atoms with Crippen molar-refractivity contribution in [2.24, 2.45) is 0 Å². The Morgan fingerprint density at radius 3 is 2.52 bits per heavy atom. The minimum Gasteiger partial charge on any atom is -0.459 e. The largest absolute Gasteiger partial charge is 0.459 e. The average Bonchev–Trinajstić information content (AvgIpc) is 2.90. The molecule has 0 aliphatic heterocycles. The first-order valence-corrected chi connectivity index (χ1v) is 7.49. The zero-order valence-corrected chi connectivity index (χ0v) is 13.8. The summed E-state index contributed by atoms with van der Waals surface area (Å²) >= 11 is 0. The highest BCUT2D eigenvalue weighted by molar-refractivity contribution is 5.82. The number of nitrogens with two attached hydrogens (primary N) is 1. The maximum atomic E-state index is 12.8. The Labute approximate surface area is 141 Å². The number of benzene rings is 1. The molecule has 0 amide bonds. The third-order valence-electron chi connectivity index (χ3n) is 3.69. The lowest BCUT2D eigenvalue weighted by Gasteiger charge is -2.13. The molecule has 0 radical (unpaired) electrons. The molecule has 3 aromatic rings. The number of alkyl halides is 3. The zero-order chi connectivity index (χ0) is 18.4. The number of halogens is 3. The van der Waals surface area contributed by atoms with Crippen molar-refractivity contribution in [3.8, 4) is 0 Å². The number of hydrogen-bond acceptors (Lipinski definition) is 6. The molecule has 0 aliphatic carbocycles. The van der Waals surface area contributed by atoms with Crippen LogP contribution in [0, 0.1) is 13.8 Å². The summed E-state index contributed by atoms with van der Waals surface area (Å²) in [5.74, 6) is -1.56. The van der Waals surface area contributed by atoms with E-state index in [0.717, 1.165) is 16.5 Å². The molecule has 0 saturated carbocycles. The number of rotatable bonds is 3. The molecule has 1 atom stereocenters. The maximum Gasteiger partial charge on any atom is 0.451 e. The third kappa shape index (κ3) is 3.49. The molecule has 0 fully saturated rings. The van der Waals surface area contributed by atoms with Gasteiger partial charge in [-0.3, -0.25) is 0 Å². The Kier molecular flexibility index (Phi) is 4.02.